The molecule has 0 fully saturated rings. The summed E-state index contributed by atoms with van der Waals surface area (Å²) in [5, 5.41) is 13.8. The van der Waals surface area contributed by atoms with Crippen molar-refractivity contribution in [1.29, 1.82) is 0 Å². The minimum Gasteiger partial charge on any atom is -0.392 e. The van der Waals surface area contributed by atoms with Gasteiger partial charge in [0.25, 0.3) is 0 Å². The number of benzene rings is 2. The number of halogens is 1. The number of para-hydroxylation sites is 1. The van der Waals surface area contributed by atoms with Gasteiger partial charge < -0.3 is 15.0 Å². The first-order valence-corrected chi connectivity index (χ1v) is 7.83. The Hall–Kier alpha value is -2.17. The summed E-state index contributed by atoms with van der Waals surface area (Å²) in [6.07, 6.45) is 1.77. The van der Waals surface area contributed by atoms with E-state index < -0.39 is 0 Å². The first-order valence-electron chi connectivity index (χ1n) is 7.83. The molecule has 0 aliphatic carbocycles. The fraction of sp³-hybridized carbons (Fsp3) is 0.263. The highest BCUT2D eigenvalue weighted by Crippen LogP contribution is 2.22. The van der Waals surface area contributed by atoms with Gasteiger partial charge in [-0.05, 0) is 36.2 Å². The lowest BCUT2D eigenvalue weighted by Crippen LogP contribution is -2.23. The van der Waals surface area contributed by atoms with Crippen LogP contribution in [0.1, 0.15) is 18.1 Å². The third kappa shape index (κ3) is 3.78. The number of rotatable bonds is 6. The van der Waals surface area contributed by atoms with E-state index >= 15 is 0 Å². The number of fused-ring (bicyclic) bond motifs is 1. The van der Waals surface area contributed by atoms with Crippen LogP contribution in [0.25, 0.3) is 10.9 Å². The molecule has 0 aliphatic heterocycles. The second-order valence-electron chi connectivity index (χ2n) is 5.91. The minimum absolute atomic E-state index is 0.214. The predicted molar refractivity (Wildman–Crippen MR) is 90.8 cm³/mol. The molecule has 1 aromatic heterocycles. The minimum atomic E-state index is -0.359. The third-order valence-corrected chi connectivity index (χ3v) is 3.89. The Morgan fingerprint density at radius 2 is 1.87 bits per heavy atom. The van der Waals surface area contributed by atoms with Crippen LogP contribution in [0, 0.1) is 5.82 Å². The van der Waals surface area contributed by atoms with E-state index in [0.29, 0.717) is 19.6 Å². The molecular weight excluding hydrogens is 291 g/mol. The SMILES string of the molecule is C[C@H](O)CNCc1cn(Cc2ccc(F)cc2)c2ccccc12. The molecule has 3 nitrogen and oxygen atoms in total. The summed E-state index contributed by atoms with van der Waals surface area (Å²) < 4.78 is 15.2. The van der Waals surface area contributed by atoms with Gasteiger partial charge in [0.2, 0.25) is 0 Å². The van der Waals surface area contributed by atoms with Crippen molar-refractivity contribution in [1.82, 2.24) is 9.88 Å². The smallest absolute Gasteiger partial charge is 0.123 e. The molecule has 2 N–H and O–H groups in total. The molecule has 0 radical (unpaired) electrons. The number of aromatic nitrogens is 1. The van der Waals surface area contributed by atoms with Crippen molar-refractivity contribution in [2.45, 2.75) is 26.1 Å². The zero-order valence-corrected chi connectivity index (χ0v) is 13.2. The summed E-state index contributed by atoms with van der Waals surface area (Å²) >= 11 is 0. The van der Waals surface area contributed by atoms with Crippen LogP contribution in [0.2, 0.25) is 0 Å². The van der Waals surface area contributed by atoms with Crippen LogP contribution in [-0.4, -0.2) is 22.3 Å². The molecule has 1 atom stereocenters. The van der Waals surface area contributed by atoms with Gasteiger partial charge in [-0.1, -0.05) is 30.3 Å². The standard InChI is InChI=1S/C19H21FN2O/c1-14(23)10-21-11-16-13-22(19-5-3-2-4-18(16)19)12-15-6-8-17(20)9-7-15/h2-9,13-14,21,23H,10-12H2,1H3/t14-/m0/s1. The largest absolute Gasteiger partial charge is 0.392 e. The molecule has 4 heteroatoms. The molecule has 0 saturated carbocycles. The normalized spacial score (nSPS) is 12.7. The molecule has 0 spiro atoms. The Labute approximate surface area is 135 Å². The molecule has 23 heavy (non-hydrogen) atoms. The van der Waals surface area contributed by atoms with E-state index in [1.807, 2.05) is 24.3 Å². The van der Waals surface area contributed by atoms with Crippen LogP contribution in [0.5, 0.6) is 0 Å². The van der Waals surface area contributed by atoms with Crippen molar-refractivity contribution in [3.8, 4) is 0 Å². The predicted octanol–water partition coefficient (Wildman–Crippen LogP) is 3.30. The molecule has 0 bridgehead atoms. The molecule has 2 aromatic carbocycles. The van der Waals surface area contributed by atoms with Crippen LogP contribution in [0.3, 0.4) is 0 Å². The number of aliphatic hydroxyl groups is 1. The second-order valence-corrected chi connectivity index (χ2v) is 5.91. The Morgan fingerprint density at radius 1 is 1.13 bits per heavy atom. The van der Waals surface area contributed by atoms with Gasteiger partial charge in [0.1, 0.15) is 5.82 Å². The number of hydrogen-bond donors (Lipinski definition) is 2. The molecule has 0 unspecified atom stereocenters. The Kier molecular flexibility index (Phi) is 4.74. The summed E-state index contributed by atoms with van der Waals surface area (Å²) in [6, 6.07) is 14.9. The summed E-state index contributed by atoms with van der Waals surface area (Å²) in [6.45, 7) is 3.75. The lowest BCUT2D eigenvalue weighted by molar-refractivity contribution is 0.191. The zero-order valence-electron chi connectivity index (χ0n) is 13.2. The highest BCUT2D eigenvalue weighted by Gasteiger charge is 2.08. The molecule has 1 heterocycles. The van der Waals surface area contributed by atoms with Crippen molar-refractivity contribution in [2.75, 3.05) is 6.54 Å². The lowest BCUT2D eigenvalue weighted by atomic mass is 10.2. The molecule has 3 rings (SSSR count). The van der Waals surface area contributed by atoms with Gasteiger partial charge >= 0.3 is 0 Å². The van der Waals surface area contributed by atoms with Gasteiger partial charge in [0, 0.05) is 36.7 Å². The summed E-state index contributed by atoms with van der Waals surface area (Å²) in [5.74, 6) is -0.214. The van der Waals surface area contributed by atoms with E-state index in [9.17, 15) is 9.50 Å². The summed E-state index contributed by atoms with van der Waals surface area (Å²) in [5.41, 5.74) is 3.42. The highest BCUT2D eigenvalue weighted by molar-refractivity contribution is 5.84. The van der Waals surface area contributed by atoms with Gasteiger partial charge in [-0.2, -0.15) is 0 Å². The molecular formula is C19H21FN2O. The van der Waals surface area contributed by atoms with E-state index in [0.717, 1.165) is 11.1 Å². The number of nitrogens with zero attached hydrogens (tertiary/aromatic N) is 1. The molecule has 0 aliphatic rings. The van der Waals surface area contributed by atoms with Crippen LogP contribution < -0.4 is 5.32 Å². The molecule has 0 saturated heterocycles. The summed E-state index contributed by atoms with van der Waals surface area (Å²) in [4.78, 5) is 0. The van der Waals surface area contributed by atoms with E-state index in [2.05, 4.69) is 28.2 Å². The monoisotopic (exact) mass is 312 g/mol. The van der Waals surface area contributed by atoms with Crippen LogP contribution >= 0.6 is 0 Å². The van der Waals surface area contributed by atoms with Gasteiger partial charge in [-0.25, -0.2) is 4.39 Å². The topological polar surface area (TPSA) is 37.2 Å². The average Bonchev–Trinajstić information content (AvgIpc) is 2.88. The van der Waals surface area contributed by atoms with E-state index in [1.54, 1.807) is 6.92 Å². The van der Waals surface area contributed by atoms with Gasteiger partial charge in [-0.3, -0.25) is 0 Å². The average molecular weight is 312 g/mol. The fourth-order valence-corrected chi connectivity index (χ4v) is 2.80. The van der Waals surface area contributed by atoms with Gasteiger partial charge in [0.15, 0.2) is 0 Å². The van der Waals surface area contributed by atoms with Gasteiger partial charge in [0.05, 0.1) is 6.10 Å². The Morgan fingerprint density at radius 3 is 2.61 bits per heavy atom. The van der Waals surface area contributed by atoms with Crippen molar-refractivity contribution in [3.05, 3.63) is 71.7 Å². The zero-order chi connectivity index (χ0) is 16.2. The van der Waals surface area contributed by atoms with Crippen LogP contribution in [-0.2, 0) is 13.1 Å². The number of nitrogens with one attached hydrogen (secondary N) is 1. The maximum Gasteiger partial charge on any atom is 0.123 e. The third-order valence-electron chi connectivity index (χ3n) is 3.89. The van der Waals surface area contributed by atoms with Crippen molar-refractivity contribution in [2.24, 2.45) is 0 Å². The quantitative estimate of drug-likeness (QED) is 0.733. The second kappa shape index (κ2) is 6.94. The fourth-order valence-electron chi connectivity index (χ4n) is 2.80. The molecule has 120 valence electrons. The number of hydrogen-bond acceptors (Lipinski definition) is 2. The van der Waals surface area contributed by atoms with E-state index in [-0.39, 0.29) is 11.9 Å². The van der Waals surface area contributed by atoms with Crippen molar-refractivity contribution >= 4 is 10.9 Å². The molecule has 3 aromatic rings. The van der Waals surface area contributed by atoms with E-state index in [4.69, 9.17) is 0 Å². The maximum absolute atomic E-state index is 13.1. The Balaban J connectivity index is 1.86. The maximum atomic E-state index is 13.1. The van der Waals surface area contributed by atoms with Crippen molar-refractivity contribution in [3.63, 3.8) is 0 Å². The first-order chi connectivity index (χ1) is 11.1. The first kappa shape index (κ1) is 15.7. The Bertz CT molecular complexity index is 778. The number of aliphatic hydroxyl groups excluding tert-OH is 1. The van der Waals surface area contributed by atoms with Crippen molar-refractivity contribution < 1.29 is 9.50 Å². The summed E-state index contributed by atoms with van der Waals surface area (Å²) in [7, 11) is 0. The van der Waals surface area contributed by atoms with Crippen LogP contribution in [0.15, 0.2) is 54.7 Å². The van der Waals surface area contributed by atoms with Gasteiger partial charge in [-0.15, -0.1) is 0 Å². The van der Waals surface area contributed by atoms with E-state index in [1.165, 1.54) is 23.1 Å². The van der Waals surface area contributed by atoms with Crippen LogP contribution in [0.4, 0.5) is 4.39 Å². The lowest BCUT2D eigenvalue weighted by Gasteiger charge is -2.06. The molecule has 0 amide bonds. The highest BCUT2D eigenvalue weighted by atomic mass is 19.1.